The van der Waals surface area contributed by atoms with Crippen molar-refractivity contribution >= 4 is 45.4 Å². The van der Waals surface area contributed by atoms with Gasteiger partial charge in [0.05, 0.1) is 25.0 Å². The number of aromatic nitrogens is 5. The molecule has 1 saturated carbocycles. The van der Waals surface area contributed by atoms with Crippen LogP contribution in [0.2, 0.25) is 0 Å². The molecule has 6 rings (SSSR count). The molecule has 5 heterocycles. The Morgan fingerprint density at radius 3 is 2.88 bits per heavy atom. The zero-order valence-electron chi connectivity index (χ0n) is 20.5. The number of morpholine rings is 1. The van der Waals surface area contributed by atoms with E-state index >= 15 is 0 Å². The molecule has 168 valence electrons. The van der Waals surface area contributed by atoms with Crippen LogP contribution < -0.4 is 15.5 Å². The summed E-state index contributed by atoms with van der Waals surface area (Å²) in [5.41, 5.74) is 1.79. The smallest absolute Gasteiger partial charge is 0.229 e. The molecule has 0 spiro atoms. The summed E-state index contributed by atoms with van der Waals surface area (Å²) < 4.78 is 34.2. The van der Waals surface area contributed by atoms with Gasteiger partial charge >= 0.3 is 0 Å². The first-order valence-corrected chi connectivity index (χ1v) is 10.7. The zero-order chi connectivity index (χ0) is 24.9. The summed E-state index contributed by atoms with van der Waals surface area (Å²) in [5.74, 6) is 1.18. The maximum absolute atomic E-state index is 12.3. The van der Waals surface area contributed by atoms with Crippen molar-refractivity contribution in [1.82, 2.24) is 25.1 Å². The SMILES string of the molecule is [2H]C([2H])([2H])Nc1ncc(-c2nc3cnc(N4CCOCC4)cc3o2)c2cc(NC(=O)C3CC3)nnc12. The molecule has 1 aliphatic carbocycles. The van der Waals surface area contributed by atoms with Crippen LogP contribution in [0.4, 0.5) is 17.5 Å². The fourth-order valence-corrected chi connectivity index (χ4v) is 3.83. The van der Waals surface area contributed by atoms with Crippen LogP contribution in [0.1, 0.15) is 17.0 Å². The van der Waals surface area contributed by atoms with Crippen LogP contribution in [-0.4, -0.2) is 64.3 Å². The van der Waals surface area contributed by atoms with Crippen LogP contribution in [0.5, 0.6) is 0 Å². The molecule has 0 bridgehead atoms. The van der Waals surface area contributed by atoms with Gasteiger partial charge in [0, 0.05) is 47.7 Å². The van der Waals surface area contributed by atoms with E-state index in [1.807, 2.05) is 6.07 Å². The van der Waals surface area contributed by atoms with E-state index in [9.17, 15) is 4.79 Å². The van der Waals surface area contributed by atoms with E-state index in [1.54, 1.807) is 12.3 Å². The van der Waals surface area contributed by atoms with E-state index in [1.165, 1.54) is 6.20 Å². The molecule has 1 aliphatic heterocycles. The minimum absolute atomic E-state index is 0.0163. The minimum Gasteiger partial charge on any atom is -0.436 e. The third kappa shape index (κ3) is 3.69. The Labute approximate surface area is 192 Å². The fraction of sp³-hybridized carbons (Fsp3) is 0.364. The number of nitrogens with one attached hydrogen (secondary N) is 2. The van der Waals surface area contributed by atoms with Crippen LogP contribution in [0, 0.1) is 5.92 Å². The highest BCUT2D eigenvalue weighted by atomic mass is 16.5. The van der Waals surface area contributed by atoms with Crippen molar-refractivity contribution in [3.05, 3.63) is 24.5 Å². The first kappa shape index (κ1) is 16.7. The molecule has 0 atom stereocenters. The first-order valence-electron chi connectivity index (χ1n) is 12.2. The monoisotopic (exact) mass is 449 g/mol. The number of nitrogens with zero attached hydrogens (tertiary/aromatic N) is 6. The number of carbonyl (C=O) groups excluding carboxylic acids is 1. The topological polar surface area (TPSA) is 131 Å². The van der Waals surface area contributed by atoms with Crippen molar-refractivity contribution in [1.29, 1.82) is 0 Å². The number of oxazole rings is 1. The van der Waals surface area contributed by atoms with E-state index in [0.29, 0.717) is 35.3 Å². The summed E-state index contributed by atoms with van der Waals surface area (Å²) in [6.07, 6.45) is 4.80. The molecule has 4 aromatic heterocycles. The predicted molar refractivity (Wildman–Crippen MR) is 122 cm³/mol. The van der Waals surface area contributed by atoms with E-state index in [-0.39, 0.29) is 34.9 Å². The van der Waals surface area contributed by atoms with E-state index in [4.69, 9.17) is 13.3 Å². The molecule has 2 N–H and O–H groups in total. The van der Waals surface area contributed by atoms with Gasteiger partial charge in [-0.05, 0) is 18.9 Å². The van der Waals surface area contributed by atoms with Gasteiger partial charge in [-0.3, -0.25) is 4.79 Å². The van der Waals surface area contributed by atoms with Gasteiger partial charge in [-0.1, -0.05) is 0 Å². The van der Waals surface area contributed by atoms with Gasteiger partial charge in [-0.25, -0.2) is 15.0 Å². The third-order valence-corrected chi connectivity index (χ3v) is 5.77. The predicted octanol–water partition coefficient (Wildman–Crippen LogP) is 2.45. The second-order valence-corrected chi connectivity index (χ2v) is 8.03. The summed E-state index contributed by atoms with van der Waals surface area (Å²) in [6, 6.07) is 3.45. The van der Waals surface area contributed by atoms with Gasteiger partial charge < -0.3 is 24.7 Å². The second kappa shape index (κ2) is 7.93. The Balaban J connectivity index is 1.42. The summed E-state index contributed by atoms with van der Waals surface area (Å²) >= 11 is 0. The normalized spacial score (nSPS) is 18.1. The molecular formula is C22H22N8O3. The molecule has 4 aromatic rings. The van der Waals surface area contributed by atoms with E-state index in [0.717, 1.165) is 31.7 Å². The summed E-state index contributed by atoms with van der Waals surface area (Å²) in [4.78, 5) is 27.7. The maximum atomic E-state index is 12.3. The van der Waals surface area contributed by atoms with Crippen LogP contribution in [0.3, 0.4) is 0 Å². The van der Waals surface area contributed by atoms with E-state index in [2.05, 4.69) is 40.7 Å². The molecule has 2 fully saturated rings. The fourth-order valence-electron chi connectivity index (χ4n) is 3.83. The highest BCUT2D eigenvalue weighted by Crippen LogP contribution is 2.34. The lowest BCUT2D eigenvalue weighted by Crippen LogP contribution is -2.36. The van der Waals surface area contributed by atoms with Gasteiger partial charge in [0.2, 0.25) is 11.8 Å². The van der Waals surface area contributed by atoms with Crippen LogP contribution >= 0.6 is 0 Å². The summed E-state index contributed by atoms with van der Waals surface area (Å²) in [7, 11) is 0. The molecular weight excluding hydrogens is 424 g/mol. The third-order valence-electron chi connectivity index (χ3n) is 5.77. The Kier molecular flexibility index (Phi) is 4.02. The van der Waals surface area contributed by atoms with Gasteiger partial charge in [0.25, 0.3) is 0 Å². The van der Waals surface area contributed by atoms with Gasteiger partial charge in [0.15, 0.2) is 17.2 Å². The molecule has 0 aromatic carbocycles. The highest BCUT2D eigenvalue weighted by Gasteiger charge is 2.30. The molecule has 33 heavy (non-hydrogen) atoms. The lowest BCUT2D eigenvalue weighted by molar-refractivity contribution is -0.117. The maximum Gasteiger partial charge on any atom is 0.229 e. The van der Waals surface area contributed by atoms with Crippen LogP contribution in [0.15, 0.2) is 28.9 Å². The number of hydrogen-bond donors (Lipinski definition) is 2. The molecule has 0 radical (unpaired) electrons. The largest absolute Gasteiger partial charge is 0.436 e. The minimum atomic E-state index is -2.48. The van der Waals surface area contributed by atoms with Crippen molar-refractivity contribution < 1.29 is 18.1 Å². The Bertz CT molecular complexity index is 1460. The van der Waals surface area contributed by atoms with Crippen molar-refractivity contribution in [2.45, 2.75) is 12.8 Å². The Morgan fingerprint density at radius 1 is 1.18 bits per heavy atom. The van der Waals surface area contributed by atoms with Gasteiger partial charge in [-0.15, -0.1) is 10.2 Å². The average molecular weight is 449 g/mol. The molecule has 11 heteroatoms. The van der Waals surface area contributed by atoms with Crippen LogP contribution in [0.25, 0.3) is 33.5 Å². The van der Waals surface area contributed by atoms with Crippen molar-refractivity contribution in [2.75, 3.05) is 48.8 Å². The summed E-state index contributed by atoms with van der Waals surface area (Å²) in [5, 5.41) is 13.9. The van der Waals surface area contributed by atoms with Crippen molar-refractivity contribution in [3.63, 3.8) is 0 Å². The number of fused-ring (bicyclic) bond motifs is 2. The Morgan fingerprint density at radius 2 is 2.06 bits per heavy atom. The molecule has 1 saturated heterocycles. The molecule has 0 unspecified atom stereocenters. The summed E-state index contributed by atoms with van der Waals surface area (Å²) in [6.45, 7) is 0.258. The van der Waals surface area contributed by atoms with Gasteiger partial charge in [0.1, 0.15) is 16.9 Å². The molecule has 1 amide bonds. The number of anilines is 3. The average Bonchev–Trinajstić information content (AvgIpc) is 3.63. The number of pyridine rings is 2. The van der Waals surface area contributed by atoms with E-state index < -0.39 is 6.98 Å². The molecule has 2 aliphatic rings. The van der Waals surface area contributed by atoms with Gasteiger partial charge in [-0.2, -0.15) is 0 Å². The number of hydrogen-bond acceptors (Lipinski definition) is 10. The standard InChI is InChI=1S/C22H22N8O3/c1-23-20-19-13(8-17(28-29-19)27-21(31)12-2-3-12)14(10-25-20)22-26-15-11-24-18(9-16(15)33-22)30-4-6-32-7-5-30/h8-12H,2-7H2,1H3,(H,23,25)(H,27,28,31)/i1D3. The number of ether oxygens (including phenoxy) is 1. The quantitative estimate of drug-likeness (QED) is 0.468. The highest BCUT2D eigenvalue weighted by molar-refractivity contribution is 6.01. The number of carbonyl (C=O) groups is 1. The lowest BCUT2D eigenvalue weighted by atomic mass is 10.1. The number of rotatable bonds is 5. The first-order chi connectivity index (χ1) is 17.3. The van der Waals surface area contributed by atoms with Crippen LogP contribution in [-0.2, 0) is 9.53 Å². The zero-order valence-corrected chi connectivity index (χ0v) is 17.5. The number of amides is 1. The Hall–Kier alpha value is -3.86. The lowest BCUT2D eigenvalue weighted by Gasteiger charge is -2.27. The van der Waals surface area contributed by atoms with Crippen molar-refractivity contribution in [2.24, 2.45) is 5.92 Å². The molecule has 11 nitrogen and oxygen atoms in total. The second-order valence-electron chi connectivity index (χ2n) is 8.03. The van der Waals surface area contributed by atoms with Crippen molar-refractivity contribution in [3.8, 4) is 11.5 Å².